The van der Waals surface area contributed by atoms with Gasteiger partial charge in [0, 0.05) is 10.7 Å². The van der Waals surface area contributed by atoms with Crippen molar-refractivity contribution in [2.45, 2.75) is 12.0 Å². The summed E-state index contributed by atoms with van der Waals surface area (Å²) < 4.78 is 6.06. The van der Waals surface area contributed by atoms with E-state index in [1.165, 1.54) is 10.8 Å². The van der Waals surface area contributed by atoms with Crippen molar-refractivity contribution >= 4 is 45.7 Å². The first-order chi connectivity index (χ1) is 15.2. The predicted molar refractivity (Wildman–Crippen MR) is 129 cm³/mol. The summed E-state index contributed by atoms with van der Waals surface area (Å²) in [6.45, 7) is 0.508. The number of halogens is 1. The number of fused-ring (bicyclic) bond motifs is 1. The zero-order chi connectivity index (χ0) is 21.2. The Morgan fingerprint density at radius 1 is 0.903 bits per heavy atom. The molecule has 1 aliphatic heterocycles. The third kappa shape index (κ3) is 4.14. The van der Waals surface area contributed by atoms with Gasteiger partial charge in [0.25, 0.3) is 0 Å². The zero-order valence-electron chi connectivity index (χ0n) is 16.7. The second-order valence-corrected chi connectivity index (χ2v) is 8.90. The maximum atomic E-state index is 12.5. The molecule has 1 heterocycles. The lowest BCUT2D eigenvalue weighted by Gasteiger charge is -2.24. The normalized spacial score (nSPS) is 16.1. The third-order valence-electron chi connectivity index (χ3n) is 5.41. The van der Waals surface area contributed by atoms with E-state index in [0.717, 1.165) is 22.6 Å². The van der Waals surface area contributed by atoms with Gasteiger partial charge in [-0.3, -0.25) is 9.69 Å². The molecule has 0 saturated carbocycles. The van der Waals surface area contributed by atoms with Gasteiger partial charge in [0.1, 0.15) is 17.7 Å². The quantitative estimate of drug-likeness (QED) is 0.336. The van der Waals surface area contributed by atoms with Crippen molar-refractivity contribution in [3.05, 3.63) is 107 Å². The number of hydrogen-bond donors (Lipinski definition) is 0. The Hall–Kier alpha value is -2.95. The number of hydrogen-bond acceptors (Lipinski definition) is 3. The van der Waals surface area contributed by atoms with Gasteiger partial charge in [0.2, 0.25) is 5.91 Å². The molecule has 1 fully saturated rings. The molecule has 0 aromatic heterocycles. The average molecular weight is 446 g/mol. The van der Waals surface area contributed by atoms with E-state index in [-0.39, 0.29) is 11.3 Å². The Morgan fingerprint density at radius 3 is 2.45 bits per heavy atom. The minimum atomic E-state index is -0.0548. The highest BCUT2D eigenvalue weighted by Crippen LogP contribution is 2.42. The maximum absolute atomic E-state index is 12.5. The molecular weight excluding hydrogens is 426 g/mol. The third-order valence-corrected chi connectivity index (χ3v) is 6.88. The van der Waals surface area contributed by atoms with Gasteiger partial charge >= 0.3 is 0 Å². The molecule has 0 unspecified atom stereocenters. The van der Waals surface area contributed by atoms with Crippen LogP contribution in [0, 0.1) is 0 Å². The first-order valence-corrected chi connectivity index (χ1v) is 11.5. The molecule has 4 aromatic carbocycles. The SMILES string of the molecule is O=C1CS[C@H](c2ccc(OCc3cccc4ccccc34)cc2)N1c1ccc(Cl)cc1. The van der Waals surface area contributed by atoms with E-state index in [4.69, 9.17) is 16.3 Å². The number of benzene rings is 4. The number of rotatable bonds is 5. The van der Waals surface area contributed by atoms with Crippen LogP contribution >= 0.6 is 23.4 Å². The molecule has 5 rings (SSSR count). The van der Waals surface area contributed by atoms with Crippen molar-refractivity contribution in [2.24, 2.45) is 0 Å². The van der Waals surface area contributed by atoms with Gasteiger partial charge in [-0.2, -0.15) is 0 Å². The molecule has 5 heteroatoms. The molecule has 4 aromatic rings. The van der Waals surface area contributed by atoms with Crippen LogP contribution in [0.2, 0.25) is 5.02 Å². The van der Waals surface area contributed by atoms with Crippen LogP contribution in [0.25, 0.3) is 10.8 Å². The number of thioether (sulfide) groups is 1. The molecule has 154 valence electrons. The topological polar surface area (TPSA) is 29.5 Å². The number of carbonyl (C=O) groups is 1. The minimum Gasteiger partial charge on any atom is -0.489 e. The molecule has 0 bridgehead atoms. The van der Waals surface area contributed by atoms with Crippen LogP contribution in [-0.2, 0) is 11.4 Å². The fourth-order valence-electron chi connectivity index (χ4n) is 3.86. The van der Waals surface area contributed by atoms with Crippen LogP contribution < -0.4 is 9.64 Å². The molecule has 1 atom stereocenters. The second kappa shape index (κ2) is 8.66. The van der Waals surface area contributed by atoms with Crippen molar-refractivity contribution < 1.29 is 9.53 Å². The summed E-state index contributed by atoms with van der Waals surface area (Å²) in [5.41, 5.74) is 3.09. The van der Waals surface area contributed by atoms with E-state index < -0.39 is 0 Å². The van der Waals surface area contributed by atoms with Gasteiger partial charge in [0.15, 0.2) is 0 Å². The monoisotopic (exact) mass is 445 g/mol. The first-order valence-electron chi connectivity index (χ1n) is 10.1. The molecule has 0 radical (unpaired) electrons. The van der Waals surface area contributed by atoms with Crippen molar-refractivity contribution in [1.82, 2.24) is 0 Å². The standard InChI is InChI=1S/C26H20ClNO2S/c27-21-10-12-22(13-11-21)28-25(29)17-31-26(28)19-8-14-23(15-9-19)30-16-20-6-3-5-18-4-1-2-7-24(18)20/h1-15,26H,16-17H2/t26-/m1/s1. The van der Waals surface area contributed by atoms with Gasteiger partial charge in [-0.25, -0.2) is 0 Å². The Bertz CT molecular complexity index is 1220. The van der Waals surface area contributed by atoms with Crippen molar-refractivity contribution in [1.29, 1.82) is 0 Å². The van der Waals surface area contributed by atoms with E-state index in [1.54, 1.807) is 11.8 Å². The Morgan fingerprint density at radius 2 is 1.65 bits per heavy atom. The summed E-state index contributed by atoms with van der Waals surface area (Å²) in [5, 5.41) is 3.03. The van der Waals surface area contributed by atoms with Crippen LogP contribution in [0.15, 0.2) is 91.0 Å². The van der Waals surface area contributed by atoms with Gasteiger partial charge < -0.3 is 4.74 Å². The van der Waals surface area contributed by atoms with Gasteiger partial charge in [-0.05, 0) is 58.3 Å². The van der Waals surface area contributed by atoms with E-state index in [0.29, 0.717) is 17.4 Å². The lowest BCUT2D eigenvalue weighted by Crippen LogP contribution is -2.27. The van der Waals surface area contributed by atoms with Crippen molar-refractivity contribution in [3.63, 3.8) is 0 Å². The summed E-state index contributed by atoms with van der Waals surface area (Å²) in [6.07, 6.45) is 0. The fraction of sp³-hybridized carbons (Fsp3) is 0.115. The number of ether oxygens (including phenoxy) is 1. The summed E-state index contributed by atoms with van der Waals surface area (Å²) in [5.74, 6) is 1.38. The molecule has 3 nitrogen and oxygen atoms in total. The number of carbonyl (C=O) groups excluding carboxylic acids is 1. The van der Waals surface area contributed by atoms with Gasteiger partial charge in [-0.15, -0.1) is 11.8 Å². The number of amides is 1. The first kappa shape index (κ1) is 20.0. The second-order valence-electron chi connectivity index (χ2n) is 7.40. The van der Waals surface area contributed by atoms with E-state index in [2.05, 4.69) is 30.3 Å². The van der Waals surface area contributed by atoms with Crippen LogP contribution in [0.3, 0.4) is 0 Å². The lowest BCUT2D eigenvalue weighted by atomic mass is 10.1. The van der Waals surface area contributed by atoms with Gasteiger partial charge in [0.05, 0.1) is 5.75 Å². The largest absolute Gasteiger partial charge is 0.489 e. The van der Waals surface area contributed by atoms with Gasteiger partial charge in [-0.1, -0.05) is 66.2 Å². The predicted octanol–water partition coefficient (Wildman–Crippen LogP) is 6.85. The molecule has 1 aliphatic rings. The summed E-state index contributed by atoms with van der Waals surface area (Å²) in [4.78, 5) is 14.4. The highest BCUT2D eigenvalue weighted by atomic mass is 35.5. The Kier molecular flexibility index (Phi) is 5.58. The zero-order valence-corrected chi connectivity index (χ0v) is 18.3. The van der Waals surface area contributed by atoms with Crippen LogP contribution in [0.5, 0.6) is 5.75 Å². The average Bonchev–Trinajstić information content (AvgIpc) is 3.20. The summed E-state index contributed by atoms with van der Waals surface area (Å²) in [6, 6.07) is 30.0. The van der Waals surface area contributed by atoms with E-state index in [1.807, 2.05) is 65.6 Å². The summed E-state index contributed by atoms with van der Waals surface area (Å²) in [7, 11) is 0. The van der Waals surface area contributed by atoms with E-state index >= 15 is 0 Å². The summed E-state index contributed by atoms with van der Waals surface area (Å²) >= 11 is 7.64. The molecular formula is C26H20ClNO2S. The van der Waals surface area contributed by atoms with Crippen LogP contribution in [0.1, 0.15) is 16.5 Å². The molecule has 31 heavy (non-hydrogen) atoms. The molecule has 0 N–H and O–H groups in total. The van der Waals surface area contributed by atoms with Crippen molar-refractivity contribution in [2.75, 3.05) is 10.7 Å². The smallest absolute Gasteiger partial charge is 0.238 e. The van der Waals surface area contributed by atoms with Crippen LogP contribution in [0.4, 0.5) is 5.69 Å². The number of nitrogens with zero attached hydrogens (tertiary/aromatic N) is 1. The van der Waals surface area contributed by atoms with E-state index in [9.17, 15) is 4.79 Å². The maximum Gasteiger partial charge on any atom is 0.238 e. The fourth-order valence-corrected chi connectivity index (χ4v) is 5.16. The molecule has 1 saturated heterocycles. The Balaban J connectivity index is 1.32. The Labute approximate surface area is 190 Å². The van der Waals surface area contributed by atoms with Crippen molar-refractivity contribution in [3.8, 4) is 5.75 Å². The molecule has 1 amide bonds. The molecule has 0 aliphatic carbocycles. The molecule has 0 spiro atoms. The lowest BCUT2D eigenvalue weighted by molar-refractivity contribution is -0.115. The number of anilines is 1. The highest BCUT2D eigenvalue weighted by molar-refractivity contribution is 8.00. The minimum absolute atomic E-state index is 0.0548. The highest BCUT2D eigenvalue weighted by Gasteiger charge is 2.33. The van der Waals surface area contributed by atoms with Crippen LogP contribution in [-0.4, -0.2) is 11.7 Å².